The molecule has 4 heteroatoms. The number of rotatable bonds is 2. The fourth-order valence-electron chi connectivity index (χ4n) is 4.31. The summed E-state index contributed by atoms with van der Waals surface area (Å²) in [6.07, 6.45) is 3.12. The van der Waals surface area contributed by atoms with E-state index in [9.17, 15) is 4.79 Å². The number of fused-ring (bicyclic) bond motifs is 4. The maximum atomic E-state index is 13.5. The van der Waals surface area contributed by atoms with Crippen LogP contribution < -0.4 is 9.47 Å². The molecule has 1 heterocycles. The quantitative estimate of drug-likeness (QED) is 0.648. The molecule has 3 aromatic carbocycles. The van der Waals surface area contributed by atoms with Crippen molar-refractivity contribution in [3.63, 3.8) is 0 Å². The molecule has 0 bridgehead atoms. The number of carbonyl (C=O) groups is 1. The molecular formula is C24H20O4. The van der Waals surface area contributed by atoms with Crippen LogP contribution in [-0.2, 0) is 11.2 Å². The first-order valence-corrected chi connectivity index (χ1v) is 9.35. The van der Waals surface area contributed by atoms with Gasteiger partial charge in [-0.05, 0) is 18.1 Å². The van der Waals surface area contributed by atoms with Crippen molar-refractivity contribution >= 4 is 22.3 Å². The van der Waals surface area contributed by atoms with Gasteiger partial charge in [0.2, 0.25) is 5.78 Å². The number of methoxy groups -OCH3 is 2. The van der Waals surface area contributed by atoms with Gasteiger partial charge in [0.15, 0.2) is 5.60 Å². The third-order valence-corrected chi connectivity index (χ3v) is 5.71. The van der Waals surface area contributed by atoms with E-state index in [2.05, 4.69) is 0 Å². The number of ketones is 1. The third kappa shape index (κ3) is 2.27. The van der Waals surface area contributed by atoms with Gasteiger partial charge in [-0.2, -0.15) is 0 Å². The van der Waals surface area contributed by atoms with Gasteiger partial charge in [0.25, 0.3) is 0 Å². The highest BCUT2D eigenvalue weighted by molar-refractivity contribution is 6.11. The van der Waals surface area contributed by atoms with Crippen molar-refractivity contribution in [1.82, 2.24) is 0 Å². The largest absolute Gasteiger partial charge is 0.496 e. The summed E-state index contributed by atoms with van der Waals surface area (Å²) in [5, 5.41) is 1.93. The zero-order valence-electron chi connectivity index (χ0n) is 15.8. The van der Waals surface area contributed by atoms with Crippen molar-refractivity contribution < 1.29 is 19.0 Å². The van der Waals surface area contributed by atoms with E-state index in [0.717, 1.165) is 39.8 Å². The number of hydrogen-bond donors (Lipinski definition) is 0. The molecule has 1 spiro atoms. The van der Waals surface area contributed by atoms with E-state index >= 15 is 0 Å². The van der Waals surface area contributed by atoms with Crippen molar-refractivity contribution in [2.75, 3.05) is 14.2 Å². The molecule has 0 saturated carbocycles. The number of ether oxygens (including phenoxy) is 3. The zero-order chi connectivity index (χ0) is 19.3. The molecule has 5 rings (SSSR count). The molecule has 0 saturated heterocycles. The van der Waals surface area contributed by atoms with Gasteiger partial charge in [-0.3, -0.25) is 4.79 Å². The van der Waals surface area contributed by atoms with Gasteiger partial charge in [0, 0.05) is 34.4 Å². The van der Waals surface area contributed by atoms with Gasteiger partial charge in [0.1, 0.15) is 17.3 Å². The van der Waals surface area contributed by atoms with Crippen LogP contribution >= 0.6 is 0 Å². The van der Waals surface area contributed by atoms with Crippen LogP contribution in [0, 0.1) is 0 Å². The van der Waals surface area contributed by atoms with E-state index in [1.54, 1.807) is 14.2 Å². The number of carbonyl (C=O) groups excluding carboxylic acids is 1. The topological polar surface area (TPSA) is 44.8 Å². The van der Waals surface area contributed by atoms with Gasteiger partial charge >= 0.3 is 0 Å². The van der Waals surface area contributed by atoms with E-state index in [0.29, 0.717) is 17.7 Å². The van der Waals surface area contributed by atoms with Gasteiger partial charge in [-0.25, -0.2) is 0 Å². The lowest BCUT2D eigenvalue weighted by molar-refractivity contribution is 0.0540. The standard InChI is InChI=1S/C24H20O4/c1-26-20-13-15-11-12-24(28-22(15)18-9-5-3-7-16(18)20)14-21(27-2)17-8-4-6-10-19(17)23(24)25/h3-10,13-14H,11-12H2,1-2H3. The number of aryl methyl sites for hydroxylation is 1. The summed E-state index contributed by atoms with van der Waals surface area (Å²) in [5.41, 5.74) is 1.46. The van der Waals surface area contributed by atoms with Crippen LogP contribution in [-0.4, -0.2) is 25.6 Å². The average molecular weight is 372 g/mol. The smallest absolute Gasteiger partial charge is 0.211 e. The Morgan fingerprint density at radius 3 is 2.39 bits per heavy atom. The molecule has 4 nitrogen and oxygen atoms in total. The summed E-state index contributed by atoms with van der Waals surface area (Å²) < 4.78 is 17.7. The van der Waals surface area contributed by atoms with Crippen molar-refractivity contribution in [2.24, 2.45) is 0 Å². The second-order valence-electron chi connectivity index (χ2n) is 7.19. The van der Waals surface area contributed by atoms with E-state index in [1.807, 2.05) is 60.7 Å². The highest BCUT2D eigenvalue weighted by Crippen LogP contribution is 2.46. The van der Waals surface area contributed by atoms with E-state index < -0.39 is 5.60 Å². The first-order chi connectivity index (χ1) is 13.7. The maximum Gasteiger partial charge on any atom is 0.211 e. The Kier molecular flexibility index (Phi) is 3.69. The Morgan fingerprint density at radius 2 is 1.64 bits per heavy atom. The molecule has 0 N–H and O–H groups in total. The molecule has 2 aliphatic rings. The lowest BCUT2D eigenvalue weighted by Gasteiger charge is -2.39. The second kappa shape index (κ2) is 6.13. The lowest BCUT2D eigenvalue weighted by atomic mass is 9.78. The Balaban J connectivity index is 1.71. The van der Waals surface area contributed by atoms with Crippen molar-refractivity contribution in [3.05, 3.63) is 77.4 Å². The molecule has 1 atom stereocenters. The first kappa shape index (κ1) is 16.9. The normalized spacial score (nSPS) is 20.2. The average Bonchev–Trinajstić information content (AvgIpc) is 2.76. The summed E-state index contributed by atoms with van der Waals surface area (Å²) in [4.78, 5) is 13.5. The van der Waals surface area contributed by atoms with Crippen molar-refractivity contribution in [3.8, 4) is 11.5 Å². The molecule has 0 radical (unpaired) electrons. The maximum absolute atomic E-state index is 13.5. The first-order valence-electron chi connectivity index (χ1n) is 9.35. The van der Waals surface area contributed by atoms with Gasteiger partial charge in [-0.15, -0.1) is 0 Å². The van der Waals surface area contributed by atoms with Gasteiger partial charge in [-0.1, -0.05) is 48.5 Å². The van der Waals surface area contributed by atoms with Gasteiger partial charge in [0.05, 0.1) is 14.2 Å². The van der Waals surface area contributed by atoms with Crippen LogP contribution in [0.1, 0.15) is 27.9 Å². The van der Waals surface area contributed by atoms with Crippen molar-refractivity contribution in [1.29, 1.82) is 0 Å². The predicted octanol–water partition coefficient (Wildman–Crippen LogP) is 4.80. The minimum atomic E-state index is -1.05. The summed E-state index contributed by atoms with van der Waals surface area (Å²) in [7, 11) is 3.30. The summed E-state index contributed by atoms with van der Waals surface area (Å²) >= 11 is 0. The number of benzene rings is 3. The molecule has 1 unspecified atom stereocenters. The molecular weight excluding hydrogens is 352 g/mol. The third-order valence-electron chi connectivity index (χ3n) is 5.71. The van der Waals surface area contributed by atoms with Crippen LogP contribution in [0.2, 0.25) is 0 Å². The van der Waals surface area contributed by atoms with Crippen LogP contribution in [0.15, 0.2) is 60.7 Å². The minimum absolute atomic E-state index is 0.0190. The summed E-state index contributed by atoms with van der Waals surface area (Å²) in [5.74, 6) is 2.23. The molecule has 0 aromatic heterocycles. The monoisotopic (exact) mass is 372 g/mol. The van der Waals surface area contributed by atoms with Crippen LogP contribution in [0.5, 0.6) is 11.5 Å². The van der Waals surface area contributed by atoms with Crippen LogP contribution in [0.25, 0.3) is 16.5 Å². The molecule has 140 valence electrons. The fraction of sp³-hybridized carbons (Fsp3) is 0.208. The molecule has 28 heavy (non-hydrogen) atoms. The number of hydrogen-bond acceptors (Lipinski definition) is 4. The minimum Gasteiger partial charge on any atom is -0.496 e. The highest BCUT2D eigenvalue weighted by atomic mass is 16.5. The predicted molar refractivity (Wildman–Crippen MR) is 108 cm³/mol. The van der Waals surface area contributed by atoms with Crippen molar-refractivity contribution in [2.45, 2.75) is 18.4 Å². The SMILES string of the molecule is COC1=CC2(CCc3cc(OC)c4ccccc4c3O2)C(=O)c2ccccc21. The van der Waals surface area contributed by atoms with Crippen LogP contribution in [0.3, 0.4) is 0 Å². The molecule has 1 aliphatic heterocycles. The molecule has 3 aromatic rings. The Hall–Kier alpha value is -3.27. The Morgan fingerprint density at radius 1 is 0.929 bits per heavy atom. The zero-order valence-corrected chi connectivity index (χ0v) is 15.8. The van der Waals surface area contributed by atoms with E-state index in [-0.39, 0.29) is 5.78 Å². The second-order valence-corrected chi connectivity index (χ2v) is 7.19. The molecule has 1 aliphatic carbocycles. The Bertz CT molecular complexity index is 1140. The fourth-order valence-corrected chi connectivity index (χ4v) is 4.31. The number of Topliss-reactive ketones (excluding diaryl/α,β-unsaturated/α-hetero) is 1. The summed E-state index contributed by atoms with van der Waals surface area (Å²) in [6, 6.07) is 17.5. The van der Waals surface area contributed by atoms with E-state index in [4.69, 9.17) is 14.2 Å². The highest BCUT2D eigenvalue weighted by Gasteiger charge is 2.47. The molecule has 0 fully saturated rings. The molecule has 0 amide bonds. The van der Waals surface area contributed by atoms with Crippen LogP contribution in [0.4, 0.5) is 0 Å². The summed E-state index contributed by atoms with van der Waals surface area (Å²) in [6.45, 7) is 0. The lowest BCUT2D eigenvalue weighted by Crippen LogP contribution is -2.47. The van der Waals surface area contributed by atoms with Gasteiger partial charge < -0.3 is 14.2 Å². The Labute approximate surface area is 163 Å². The van der Waals surface area contributed by atoms with E-state index in [1.165, 1.54) is 0 Å².